The monoisotopic (exact) mass is 436 g/mol. The fourth-order valence-electron chi connectivity index (χ4n) is 2.19. The lowest BCUT2D eigenvalue weighted by molar-refractivity contribution is -0.142. The number of carboxylic acids is 1. The number of nitrogens with zero attached hydrogens (tertiary/aromatic N) is 1. The molecule has 0 aliphatic heterocycles. The molecule has 0 aliphatic carbocycles. The van der Waals surface area contributed by atoms with Crippen LogP contribution in [0.2, 0.25) is 0 Å². The average molecular weight is 437 g/mol. The molecule has 0 aromatic heterocycles. The highest BCUT2D eigenvalue weighted by Crippen LogP contribution is 2.06. The Hall–Kier alpha value is -1.66. The van der Waals surface area contributed by atoms with E-state index in [2.05, 4.69) is 15.6 Å². The van der Waals surface area contributed by atoms with Gasteiger partial charge in [-0.05, 0) is 49.7 Å². The molecule has 0 aliphatic rings. The van der Waals surface area contributed by atoms with Crippen LogP contribution in [0.1, 0.15) is 25.7 Å². The van der Waals surface area contributed by atoms with E-state index >= 15 is 0 Å². The van der Waals surface area contributed by atoms with Crippen LogP contribution in [0.15, 0.2) is 4.99 Å². The molecule has 0 aromatic carbocycles. The summed E-state index contributed by atoms with van der Waals surface area (Å²) in [6.07, 6.45) is 5.20. The number of guanidine groups is 1. The van der Waals surface area contributed by atoms with E-state index in [1.54, 1.807) is 11.8 Å². The fraction of sp³-hybridized carbons (Fsp3) is 0.750. The molecule has 0 saturated carbocycles. The number of nitrogens with two attached hydrogens (primary N) is 3. The number of rotatable bonds is 15. The summed E-state index contributed by atoms with van der Waals surface area (Å²) < 4.78 is 0. The van der Waals surface area contributed by atoms with Crippen molar-refractivity contribution in [2.75, 3.05) is 30.6 Å². The summed E-state index contributed by atoms with van der Waals surface area (Å²) in [6.45, 7) is 0.263. The molecule has 0 bridgehead atoms. The van der Waals surface area contributed by atoms with E-state index in [-0.39, 0.29) is 18.9 Å². The molecule has 28 heavy (non-hydrogen) atoms. The summed E-state index contributed by atoms with van der Waals surface area (Å²) in [5, 5.41) is 14.5. The van der Waals surface area contributed by atoms with E-state index in [0.717, 1.165) is 5.75 Å². The Bertz CT molecular complexity index is 531. The number of hydrogen-bond donors (Lipinski definition) is 6. The van der Waals surface area contributed by atoms with E-state index in [1.807, 2.05) is 12.5 Å². The first kappa shape index (κ1) is 26.3. The van der Waals surface area contributed by atoms with Crippen LogP contribution in [0.4, 0.5) is 0 Å². The van der Waals surface area contributed by atoms with Gasteiger partial charge in [-0.15, -0.1) is 0 Å². The van der Waals surface area contributed by atoms with Crippen LogP contribution >= 0.6 is 23.5 Å². The van der Waals surface area contributed by atoms with Gasteiger partial charge < -0.3 is 32.9 Å². The van der Waals surface area contributed by atoms with Crippen LogP contribution in [0, 0.1) is 0 Å². The number of carbonyl (C=O) groups is 3. The Morgan fingerprint density at radius 2 is 1.54 bits per heavy atom. The Labute approximate surface area is 174 Å². The molecule has 3 atom stereocenters. The van der Waals surface area contributed by atoms with Crippen molar-refractivity contribution in [3.05, 3.63) is 0 Å². The Kier molecular flexibility index (Phi) is 14.4. The van der Waals surface area contributed by atoms with Crippen molar-refractivity contribution in [1.29, 1.82) is 0 Å². The summed E-state index contributed by atoms with van der Waals surface area (Å²) in [5.41, 5.74) is 16.3. The third-order valence-corrected chi connectivity index (χ3v) is 5.06. The molecule has 0 spiro atoms. The third-order valence-electron chi connectivity index (χ3n) is 3.77. The average Bonchev–Trinajstić information content (AvgIpc) is 2.64. The zero-order valence-corrected chi connectivity index (χ0v) is 18.0. The number of nitrogens with one attached hydrogen (secondary N) is 2. The Morgan fingerprint density at radius 3 is 2.07 bits per heavy atom. The minimum Gasteiger partial charge on any atom is -0.480 e. The summed E-state index contributed by atoms with van der Waals surface area (Å²) >= 11 is 3.10. The lowest BCUT2D eigenvalue weighted by Gasteiger charge is -2.22. The molecule has 10 nitrogen and oxygen atoms in total. The largest absolute Gasteiger partial charge is 0.480 e. The molecule has 0 unspecified atom stereocenters. The van der Waals surface area contributed by atoms with Gasteiger partial charge in [-0.2, -0.15) is 23.5 Å². The van der Waals surface area contributed by atoms with Crippen LogP contribution in [-0.4, -0.2) is 77.5 Å². The van der Waals surface area contributed by atoms with Gasteiger partial charge in [-0.25, -0.2) is 4.79 Å². The van der Waals surface area contributed by atoms with Gasteiger partial charge in [-0.1, -0.05) is 0 Å². The second-order valence-corrected chi connectivity index (χ2v) is 8.05. The number of amides is 2. The predicted octanol–water partition coefficient (Wildman–Crippen LogP) is -1.07. The summed E-state index contributed by atoms with van der Waals surface area (Å²) in [7, 11) is 0. The molecular weight excluding hydrogens is 404 g/mol. The van der Waals surface area contributed by atoms with Crippen molar-refractivity contribution in [1.82, 2.24) is 10.6 Å². The van der Waals surface area contributed by atoms with Gasteiger partial charge in [-0.3, -0.25) is 14.6 Å². The lowest BCUT2D eigenvalue weighted by Crippen LogP contribution is -2.54. The van der Waals surface area contributed by atoms with Crippen molar-refractivity contribution >= 4 is 47.3 Å². The van der Waals surface area contributed by atoms with E-state index in [1.165, 1.54) is 11.8 Å². The van der Waals surface area contributed by atoms with Gasteiger partial charge in [0.15, 0.2) is 5.96 Å². The standard InChI is InChI=1S/C16H32N6O4S2/c1-27-8-5-10(17)13(23)21-11(6-9-28-2)14(24)22-12(15(25)26)4-3-7-20-16(18)19/h10-12H,3-9,17H2,1-2H3,(H,21,23)(H,22,24)(H,25,26)(H4,18,19,20)/t10-,11-,12-/m0/s1. The molecule has 162 valence electrons. The first-order valence-corrected chi connectivity index (χ1v) is 11.6. The number of aliphatic carboxylic acids is 1. The molecule has 0 rings (SSSR count). The zero-order valence-electron chi connectivity index (χ0n) is 16.3. The Morgan fingerprint density at radius 1 is 0.964 bits per heavy atom. The van der Waals surface area contributed by atoms with Crippen LogP contribution in [0.25, 0.3) is 0 Å². The second-order valence-electron chi connectivity index (χ2n) is 6.08. The number of hydrogen-bond acceptors (Lipinski definition) is 7. The number of carbonyl (C=O) groups excluding carboxylic acids is 2. The first-order chi connectivity index (χ1) is 13.2. The molecule has 0 heterocycles. The SMILES string of the molecule is CSCC[C@H](NC(=O)[C@@H](N)CCSC)C(=O)N[C@@H](CCCN=C(N)N)C(=O)O. The van der Waals surface area contributed by atoms with Gasteiger partial charge >= 0.3 is 5.97 Å². The van der Waals surface area contributed by atoms with Gasteiger partial charge in [0.05, 0.1) is 6.04 Å². The first-order valence-electron chi connectivity index (χ1n) is 8.85. The predicted molar refractivity (Wildman–Crippen MR) is 115 cm³/mol. The quantitative estimate of drug-likeness (QED) is 0.106. The third kappa shape index (κ3) is 11.9. The van der Waals surface area contributed by atoms with Crippen molar-refractivity contribution in [2.45, 2.75) is 43.8 Å². The summed E-state index contributed by atoms with van der Waals surface area (Å²) in [5.74, 6) is -0.852. The van der Waals surface area contributed by atoms with E-state index < -0.39 is 35.9 Å². The highest BCUT2D eigenvalue weighted by molar-refractivity contribution is 7.98. The number of thioether (sulfide) groups is 2. The normalized spacial score (nSPS) is 13.8. The maximum absolute atomic E-state index is 12.6. The fourth-order valence-corrected chi connectivity index (χ4v) is 3.15. The maximum atomic E-state index is 12.6. The minimum absolute atomic E-state index is 0.0754. The number of aliphatic imine (C=N–C) groups is 1. The van der Waals surface area contributed by atoms with E-state index in [4.69, 9.17) is 17.2 Å². The molecule has 0 saturated heterocycles. The lowest BCUT2D eigenvalue weighted by atomic mass is 10.1. The summed E-state index contributed by atoms with van der Waals surface area (Å²) in [4.78, 5) is 40.0. The summed E-state index contributed by atoms with van der Waals surface area (Å²) in [6, 6.07) is -2.66. The smallest absolute Gasteiger partial charge is 0.326 e. The molecule has 0 fully saturated rings. The maximum Gasteiger partial charge on any atom is 0.326 e. The molecule has 0 radical (unpaired) electrons. The van der Waals surface area contributed by atoms with Crippen LogP contribution < -0.4 is 27.8 Å². The number of carboxylic acid groups (broad SMARTS) is 1. The van der Waals surface area contributed by atoms with Crippen molar-refractivity contribution in [3.8, 4) is 0 Å². The van der Waals surface area contributed by atoms with E-state index in [9.17, 15) is 19.5 Å². The van der Waals surface area contributed by atoms with Crippen molar-refractivity contribution in [2.24, 2.45) is 22.2 Å². The van der Waals surface area contributed by atoms with Gasteiger partial charge in [0.1, 0.15) is 12.1 Å². The molecule has 9 N–H and O–H groups in total. The van der Waals surface area contributed by atoms with Gasteiger partial charge in [0.2, 0.25) is 11.8 Å². The minimum atomic E-state index is -1.16. The highest BCUT2D eigenvalue weighted by Gasteiger charge is 2.27. The highest BCUT2D eigenvalue weighted by atomic mass is 32.2. The van der Waals surface area contributed by atoms with Crippen LogP contribution in [-0.2, 0) is 14.4 Å². The molecular formula is C16H32N6O4S2. The Balaban J connectivity index is 4.87. The van der Waals surface area contributed by atoms with Crippen LogP contribution in [0.3, 0.4) is 0 Å². The molecule has 2 amide bonds. The van der Waals surface area contributed by atoms with E-state index in [0.29, 0.717) is 25.0 Å². The molecule has 0 aromatic rings. The van der Waals surface area contributed by atoms with Gasteiger partial charge in [0.25, 0.3) is 0 Å². The topological polar surface area (TPSA) is 186 Å². The van der Waals surface area contributed by atoms with Crippen molar-refractivity contribution in [3.63, 3.8) is 0 Å². The van der Waals surface area contributed by atoms with Gasteiger partial charge in [0, 0.05) is 6.54 Å². The second kappa shape index (κ2) is 15.3. The van der Waals surface area contributed by atoms with Crippen LogP contribution in [0.5, 0.6) is 0 Å². The molecule has 12 heteroatoms. The van der Waals surface area contributed by atoms with Crippen molar-refractivity contribution < 1.29 is 19.5 Å². The zero-order chi connectivity index (χ0) is 21.5.